The summed E-state index contributed by atoms with van der Waals surface area (Å²) in [5.41, 5.74) is -0.0629. The highest BCUT2D eigenvalue weighted by atomic mass is 32.1. The van der Waals surface area contributed by atoms with Gasteiger partial charge in [-0.2, -0.15) is 13.2 Å². The normalized spacial score (nSPS) is 11.5. The quantitative estimate of drug-likeness (QED) is 0.628. The van der Waals surface area contributed by atoms with Gasteiger partial charge in [-0.1, -0.05) is 12.1 Å². The summed E-state index contributed by atoms with van der Waals surface area (Å²) in [6.45, 7) is 0. The molecule has 0 unspecified atom stereocenters. The van der Waals surface area contributed by atoms with Gasteiger partial charge >= 0.3 is 12.1 Å². The zero-order valence-electron chi connectivity index (χ0n) is 13.0. The van der Waals surface area contributed by atoms with E-state index in [0.29, 0.717) is 17.5 Å². The van der Waals surface area contributed by atoms with Crippen molar-refractivity contribution in [3.05, 3.63) is 75.4 Å². The Morgan fingerprint density at radius 1 is 1.12 bits per heavy atom. The number of thiazole rings is 1. The Labute approximate surface area is 149 Å². The molecule has 0 fully saturated rings. The maximum Gasteiger partial charge on any atom is 0.416 e. The van der Waals surface area contributed by atoms with E-state index in [1.165, 1.54) is 28.8 Å². The van der Waals surface area contributed by atoms with Crippen molar-refractivity contribution < 1.29 is 27.5 Å². The number of carboxylic acids is 1. The van der Waals surface area contributed by atoms with Gasteiger partial charge in [0.1, 0.15) is 5.82 Å². The second-order valence-corrected chi connectivity index (χ2v) is 6.44. The lowest BCUT2D eigenvalue weighted by Gasteiger charge is -2.08. The number of aromatic carboxylic acids is 1. The number of halogens is 4. The summed E-state index contributed by atoms with van der Waals surface area (Å²) >= 11 is 1.20. The molecule has 0 aliphatic rings. The van der Waals surface area contributed by atoms with Crippen LogP contribution in [0.2, 0.25) is 0 Å². The van der Waals surface area contributed by atoms with Gasteiger partial charge in [0.05, 0.1) is 21.8 Å². The molecule has 0 amide bonds. The zero-order chi connectivity index (χ0) is 18.9. The third kappa shape index (κ3) is 3.91. The van der Waals surface area contributed by atoms with Crippen molar-refractivity contribution in [2.45, 2.75) is 12.6 Å². The van der Waals surface area contributed by atoms with Crippen molar-refractivity contribution in [2.24, 2.45) is 0 Å². The minimum atomic E-state index is -4.56. The molecule has 1 heterocycles. The highest BCUT2D eigenvalue weighted by molar-refractivity contribution is 7.10. The molecule has 26 heavy (non-hydrogen) atoms. The second-order valence-electron chi connectivity index (χ2n) is 5.50. The van der Waals surface area contributed by atoms with Crippen molar-refractivity contribution in [1.82, 2.24) is 4.98 Å². The van der Waals surface area contributed by atoms with Gasteiger partial charge in [0.2, 0.25) is 0 Å². The summed E-state index contributed by atoms with van der Waals surface area (Å²) in [6.07, 6.45) is -4.20. The third-order valence-electron chi connectivity index (χ3n) is 3.68. The summed E-state index contributed by atoms with van der Waals surface area (Å²) in [6, 6.07) is 8.40. The second kappa shape index (κ2) is 6.87. The molecule has 3 nitrogen and oxygen atoms in total. The fourth-order valence-electron chi connectivity index (χ4n) is 2.35. The first-order valence-electron chi connectivity index (χ1n) is 7.38. The number of nitrogens with zero attached hydrogens (tertiary/aromatic N) is 1. The summed E-state index contributed by atoms with van der Waals surface area (Å²) in [5.74, 6) is -1.81. The van der Waals surface area contributed by atoms with Crippen molar-refractivity contribution in [2.75, 3.05) is 0 Å². The average molecular weight is 381 g/mol. The van der Waals surface area contributed by atoms with Crippen LogP contribution in [0.1, 0.15) is 26.5 Å². The van der Waals surface area contributed by atoms with Gasteiger partial charge in [-0.15, -0.1) is 11.3 Å². The lowest BCUT2D eigenvalue weighted by atomic mass is 10.1. The monoisotopic (exact) mass is 381 g/mol. The Morgan fingerprint density at radius 2 is 1.81 bits per heavy atom. The zero-order valence-corrected chi connectivity index (χ0v) is 13.9. The fraction of sp³-hybridized carbons (Fsp3) is 0.111. The molecule has 0 bridgehead atoms. The molecule has 0 aliphatic carbocycles. The Kier molecular flexibility index (Phi) is 4.78. The van der Waals surface area contributed by atoms with Gasteiger partial charge in [-0.3, -0.25) is 0 Å². The number of carboxylic acid groups (broad SMARTS) is 1. The molecule has 3 rings (SSSR count). The summed E-state index contributed by atoms with van der Waals surface area (Å²) in [7, 11) is 0. The van der Waals surface area contributed by atoms with E-state index >= 15 is 0 Å². The van der Waals surface area contributed by atoms with Crippen molar-refractivity contribution in [1.29, 1.82) is 0 Å². The van der Waals surface area contributed by atoms with Gasteiger partial charge in [0, 0.05) is 17.4 Å². The number of hydrogen-bond acceptors (Lipinski definition) is 3. The highest BCUT2D eigenvalue weighted by Crippen LogP contribution is 2.34. The number of rotatable bonds is 4. The number of alkyl halides is 3. The largest absolute Gasteiger partial charge is 0.478 e. The lowest BCUT2D eigenvalue weighted by molar-refractivity contribution is -0.137. The van der Waals surface area contributed by atoms with Crippen LogP contribution in [0.15, 0.2) is 47.8 Å². The molecule has 0 saturated carbocycles. The molecule has 0 spiro atoms. The number of hydrogen-bond donors (Lipinski definition) is 1. The maximum absolute atomic E-state index is 13.9. The van der Waals surface area contributed by atoms with E-state index in [1.54, 1.807) is 12.1 Å². The van der Waals surface area contributed by atoms with E-state index in [9.17, 15) is 22.4 Å². The van der Waals surface area contributed by atoms with Gasteiger partial charge in [0.15, 0.2) is 0 Å². The molecular weight excluding hydrogens is 370 g/mol. The van der Waals surface area contributed by atoms with Crippen LogP contribution in [0.4, 0.5) is 17.6 Å². The van der Waals surface area contributed by atoms with Crippen molar-refractivity contribution in [3.8, 4) is 11.3 Å². The van der Waals surface area contributed by atoms with Crippen LogP contribution in [0.25, 0.3) is 11.3 Å². The minimum Gasteiger partial charge on any atom is -0.478 e. The topological polar surface area (TPSA) is 50.2 Å². The predicted molar refractivity (Wildman–Crippen MR) is 88.7 cm³/mol. The van der Waals surface area contributed by atoms with E-state index < -0.39 is 23.5 Å². The highest BCUT2D eigenvalue weighted by Gasteiger charge is 2.31. The van der Waals surface area contributed by atoms with Gasteiger partial charge in [-0.25, -0.2) is 14.2 Å². The standard InChI is InChI=1S/C18H11F4NO2S/c19-14-6-5-12(18(20,21)22)8-13(14)15-9-26-16(23-15)7-10-1-3-11(4-2-10)17(24)25/h1-6,8-9H,7H2,(H,24,25). The Morgan fingerprint density at radius 3 is 2.42 bits per heavy atom. The number of aromatic nitrogens is 1. The van der Waals surface area contributed by atoms with Crippen LogP contribution in [-0.4, -0.2) is 16.1 Å². The first-order valence-corrected chi connectivity index (χ1v) is 8.26. The molecule has 134 valence electrons. The van der Waals surface area contributed by atoms with E-state index in [1.807, 2.05) is 0 Å². The number of carbonyl (C=O) groups is 1. The molecule has 2 aromatic carbocycles. The van der Waals surface area contributed by atoms with E-state index in [0.717, 1.165) is 17.7 Å². The predicted octanol–water partition coefficient (Wildman–Crippen LogP) is 5.26. The molecule has 0 saturated heterocycles. The van der Waals surface area contributed by atoms with Gasteiger partial charge in [-0.05, 0) is 35.9 Å². The van der Waals surface area contributed by atoms with Crippen LogP contribution in [0.3, 0.4) is 0 Å². The maximum atomic E-state index is 13.9. The molecule has 0 aliphatic heterocycles. The molecule has 8 heteroatoms. The van der Waals surface area contributed by atoms with Crippen molar-refractivity contribution >= 4 is 17.3 Å². The van der Waals surface area contributed by atoms with E-state index in [4.69, 9.17) is 5.11 Å². The summed E-state index contributed by atoms with van der Waals surface area (Å²) < 4.78 is 52.4. The summed E-state index contributed by atoms with van der Waals surface area (Å²) in [5, 5.41) is 11.0. The first kappa shape index (κ1) is 18.1. The molecule has 0 atom stereocenters. The fourth-order valence-corrected chi connectivity index (χ4v) is 3.18. The van der Waals surface area contributed by atoms with E-state index in [-0.39, 0.29) is 16.8 Å². The van der Waals surface area contributed by atoms with Crippen LogP contribution < -0.4 is 0 Å². The molecule has 3 aromatic rings. The smallest absolute Gasteiger partial charge is 0.416 e. The van der Waals surface area contributed by atoms with Gasteiger partial charge < -0.3 is 5.11 Å². The molecule has 0 radical (unpaired) electrons. The first-order chi connectivity index (χ1) is 12.2. The van der Waals surface area contributed by atoms with Gasteiger partial charge in [0.25, 0.3) is 0 Å². The molecular formula is C18H11F4NO2S. The van der Waals surface area contributed by atoms with E-state index in [2.05, 4.69) is 4.98 Å². The van der Waals surface area contributed by atoms with Crippen LogP contribution in [0.5, 0.6) is 0 Å². The van der Waals surface area contributed by atoms with Crippen molar-refractivity contribution in [3.63, 3.8) is 0 Å². The van der Waals surface area contributed by atoms with Crippen LogP contribution in [-0.2, 0) is 12.6 Å². The Hall–Kier alpha value is -2.74. The van der Waals surface area contributed by atoms with Crippen LogP contribution >= 0.6 is 11.3 Å². The number of benzene rings is 2. The third-order valence-corrected chi connectivity index (χ3v) is 4.53. The Bertz CT molecular complexity index is 949. The van der Waals surface area contributed by atoms with Crippen LogP contribution in [0, 0.1) is 5.82 Å². The Balaban J connectivity index is 1.85. The molecule has 1 aromatic heterocycles. The summed E-state index contributed by atoms with van der Waals surface area (Å²) in [4.78, 5) is 15.0. The SMILES string of the molecule is O=C(O)c1ccc(Cc2nc(-c3cc(C(F)(F)F)ccc3F)cs2)cc1. The molecule has 1 N–H and O–H groups in total. The lowest BCUT2D eigenvalue weighted by Crippen LogP contribution is -2.05. The minimum absolute atomic E-state index is 0.135. The average Bonchev–Trinajstić information content (AvgIpc) is 3.03.